The number of nitrogens with zero attached hydrogens (tertiary/aromatic N) is 1. The van der Waals surface area contributed by atoms with Crippen molar-refractivity contribution in [2.24, 2.45) is 0 Å². The lowest BCUT2D eigenvalue weighted by atomic mass is 10.2. The summed E-state index contributed by atoms with van der Waals surface area (Å²) < 4.78 is 13.2. The molecule has 5 N–H and O–H groups in total. The number of carboxylic acids is 1. The topological polar surface area (TPSA) is 144 Å². The van der Waals surface area contributed by atoms with Crippen molar-refractivity contribution in [3.8, 4) is 17.1 Å². The van der Waals surface area contributed by atoms with Crippen LogP contribution in [0.4, 0.5) is 20.6 Å². The van der Waals surface area contributed by atoms with Crippen molar-refractivity contribution in [2.75, 3.05) is 10.6 Å². The summed E-state index contributed by atoms with van der Waals surface area (Å²) >= 11 is 1.16. The molecule has 0 aliphatic carbocycles. The summed E-state index contributed by atoms with van der Waals surface area (Å²) in [6.07, 6.45) is 0. The van der Waals surface area contributed by atoms with Crippen molar-refractivity contribution >= 4 is 34.7 Å². The van der Waals surface area contributed by atoms with Gasteiger partial charge in [0.05, 0.1) is 11.3 Å². The minimum absolute atomic E-state index is 0.141. The van der Waals surface area contributed by atoms with Crippen molar-refractivity contribution in [3.05, 3.63) is 56.9 Å². The number of aromatic hydroxyl groups is 1. The smallest absolute Gasteiger partial charge is 0.358 e. The zero-order valence-corrected chi connectivity index (χ0v) is 14.1. The first-order valence-corrected chi connectivity index (χ1v) is 8.26. The highest BCUT2D eigenvalue weighted by Gasteiger charge is 2.20. The molecule has 9 nitrogen and oxygen atoms in total. The van der Waals surface area contributed by atoms with Crippen LogP contribution in [-0.2, 0) is 0 Å². The van der Waals surface area contributed by atoms with E-state index in [1.165, 1.54) is 29.0 Å². The van der Waals surface area contributed by atoms with Crippen LogP contribution in [-0.4, -0.2) is 32.2 Å². The monoisotopic (exact) mass is 390 g/mol. The van der Waals surface area contributed by atoms with Crippen molar-refractivity contribution in [2.45, 2.75) is 0 Å². The van der Waals surface area contributed by atoms with Crippen molar-refractivity contribution in [1.82, 2.24) is 9.97 Å². The number of aromatic amines is 1. The van der Waals surface area contributed by atoms with Crippen molar-refractivity contribution in [1.29, 1.82) is 0 Å². The van der Waals surface area contributed by atoms with Gasteiger partial charge in [0.15, 0.2) is 5.69 Å². The number of amides is 2. The summed E-state index contributed by atoms with van der Waals surface area (Å²) in [6.45, 7) is 0. The average Bonchev–Trinajstić information content (AvgIpc) is 3.04. The number of rotatable bonds is 4. The van der Waals surface area contributed by atoms with E-state index < -0.39 is 34.8 Å². The van der Waals surface area contributed by atoms with E-state index in [-0.39, 0.29) is 22.8 Å². The molecule has 2 aromatic heterocycles. The second kappa shape index (κ2) is 7.25. The van der Waals surface area contributed by atoms with Crippen LogP contribution in [0.2, 0.25) is 0 Å². The molecule has 0 aliphatic rings. The van der Waals surface area contributed by atoms with Gasteiger partial charge in [-0.2, -0.15) is 0 Å². The largest absolute Gasteiger partial charge is 0.501 e. The Hall–Kier alpha value is -3.73. The number of halogens is 1. The van der Waals surface area contributed by atoms with Gasteiger partial charge in [-0.05, 0) is 18.2 Å². The van der Waals surface area contributed by atoms with E-state index in [9.17, 15) is 23.9 Å². The molecule has 0 unspecified atom stereocenters. The molecule has 0 atom stereocenters. The fourth-order valence-electron chi connectivity index (χ4n) is 2.17. The average molecular weight is 390 g/mol. The van der Waals surface area contributed by atoms with E-state index in [1.54, 1.807) is 0 Å². The van der Waals surface area contributed by atoms with Gasteiger partial charge < -0.3 is 25.8 Å². The summed E-state index contributed by atoms with van der Waals surface area (Å²) in [7, 11) is 0. The van der Waals surface area contributed by atoms with E-state index in [2.05, 4.69) is 20.6 Å². The number of hydrogen-bond donors (Lipinski definition) is 5. The number of urea groups is 1. The molecule has 27 heavy (non-hydrogen) atoms. The molecule has 0 radical (unpaired) electrons. The molecule has 3 rings (SSSR count). The highest BCUT2D eigenvalue weighted by Crippen LogP contribution is 2.30. The Kier molecular flexibility index (Phi) is 4.86. The Labute approximate surface area is 154 Å². The van der Waals surface area contributed by atoms with Gasteiger partial charge in [-0.25, -0.2) is 19.0 Å². The number of aromatic carboxylic acids is 1. The Balaban J connectivity index is 1.87. The first kappa shape index (κ1) is 18.1. The minimum atomic E-state index is -1.58. The van der Waals surface area contributed by atoms with Crippen LogP contribution < -0.4 is 16.2 Å². The van der Waals surface area contributed by atoms with E-state index in [4.69, 9.17) is 5.11 Å². The van der Waals surface area contributed by atoms with Crippen molar-refractivity contribution < 1.29 is 24.2 Å². The van der Waals surface area contributed by atoms with E-state index in [0.29, 0.717) is 0 Å². The second-order valence-electron chi connectivity index (χ2n) is 5.21. The molecule has 2 heterocycles. The molecular formula is C16H11FN4O5S. The molecule has 0 bridgehead atoms. The molecule has 0 saturated heterocycles. The summed E-state index contributed by atoms with van der Waals surface area (Å²) in [5.41, 5.74) is -1.13. The highest BCUT2D eigenvalue weighted by molar-refractivity contribution is 7.08. The molecule has 11 heteroatoms. The number of carbonyl (C=O) groups excluding carboxylic acids is 1. The van der Waals surface area contributed by atoms with Crippen LogP contribution >= 0.6 is 11.3 Å². The van der Waals surface area contributed by atoms with Crippen LogP contribution in [0, 0.1) is 5.82 Å². The third-order valence-electron chi connectivity index (χ3n) is 3.35. The van der Waals surface area contributed by atoms with Gasteiger partial charge in [0.25, 0.3) is 5.56 Å². The Morgan fingerprint density at radius 2 is 2.00 bits per heavy atom. The van der Waals surface area contributed by atoms with Gasteiger partial charge in [-0.15, -0.1) is 11.3 Å². The molecule has 0 spiro atoms. The number of hydrogen-bond acceptors (Lipinski definition) is 6. The fourth-order valence-corrected chi connectivity index (χ4v) is 2.94. The first-order valence-electron chi connectivity index (χ1n) is 7.32. The number of aromatic nitrogens is 2. The van der Waals surface area contributed by atoms with Gasteiger partial charge in [-0.3, -0.25) is 4.79 Å². The predicted molar refractivity (Wildman–Crippen MR) is 95.8 cm³/mol. The maximum absolute atomic E-state index is 13.2. The number of thiophene rings is 1. The van der Waals surface area contributed by atoms with Crippen molar-refractivity contribution in [3.63, 3.8) is 0 Å². The number of carbonyl (C=O) groups is 2. The second-order valence-corrected chi connectivity index (χ2v) is 5.95. The Morgan fingerprint density at radius 3 is 2.70 bits per heavy atom. The number of H-pyrrole nitrogens is 1. The Bertz CT molecular complexity index is 1090. The number of nitrogens with one attached hydrogen (secondary N) is 3. The van der Waals surface area contributed by atoms with Gasteiger partial charge >= 0.3 is 12.0 Å². The van der Waals surface area contributed by atoms with Crippen LogP contribution in [0.25, 0.3) is 11.4 Å². The normalized spacial score (nSPS) is 10.4. The number of benzene rings is 1. The van der Waals surface area contributed by atoms with Gasteiger partial charge in [0.2, 0.25) is 5.75 Å². The highest BCUT2D eigenvalue weighted by atomic mass is 32.1. The predicted octanol–water partition coefficient (Wildman–Crippen LogP) is 2.69. The fraction of sp³-hybridized carbons (Fsp3) is 0. The van der Waals surface area contributed by atoms with E-state index in [0.717, 1.165) is 17.4 Å². The summed E-state index contributed by atoms with van der Waals surface area (Å²) in [6, 6.07) is 4.61. The Morgan fingerprint density at radius 1 is 1.22 bits per heavy atom. The molecule has 2 amide bonds. The number of anilines is 2. The lowest BCUT2D eigenvalue weighted by Gasteiger charge is -2.09. The zero-order chi connectivity index (χ0) is 19.6. The molecule has 0 saturated carbocycles. The zero-order valence-electron chi connectivity index (χ0n) is 13.3. The maximum atomic E-state index is 13.2. The van der Waals surface area contributed by atoms with Gasteiger partial charge in [0, 0.05) is 16.4 Å². The van der Waals surface area contributed by atoms with Crippen LogP contribution in [0.15, 0.2) is 39.8 Å². The number of carboxylic acid groups (broad SMARTS) is 1. The standard InChI is InChI=1S/C16H11FN4O5S/c17-7-2-1-3-8(4-7)18-16(26)19-10-6-27-5-9(10)13-20-11(15(24)25)12(22)14(23)21-13/h1-6,22H,(H,24,25)(H2,18,19,26)(H,20,21,23). The third kappa shape index (κ3) is 3.93. The van der Waals surface area contributed by atoms with E-state index in [1.807, 2.05) is 0 Å². The molecule has 3 aromatic rings. The summed E-state index contributed by atoms with van der Waals surface area (Å²) in [4.78, 5) is 40.9. The third-order valence-corrected chi connectivity index (χ3v) is 4.09. The summed E-state index contributed by atoms with van der Waals surface area (Å²) in [5, 5.41) is 26.5. The van der Waals surface area contributed by atoms with Gasteiger partial charge in [0.1, 0.15) is 11.6 Å². The quantitative estimate of drug-likeness (QED) is 0.463. The van der Waals surface area contributed by atoms with E-state index >= 15 is 0 Å². The van der Waals surface area contributed by atoms with Crippen LogP contribution in [0.5, 0.6) is 5.75 Å². The lowest BCUT2D eigenvalue weighted by Crippen LogP contribution is -2.20. The first-order chi connectivity index (χ1) is 12.8. The molecule has 138 valence electrons. The molecular weight excluding hydrogens is 379 g/mol. The van der Waals surface area contributed by atoms with Crippen LogP contribution in [0.1, 0.15) is 10.5 Å². The van der Waals surface area contributed by atoms with Crippen LogP contribution in [0.3, 0.4) is 0 Å². The SMILES string of the molecule is O=C(Nc1cccc(F)c1)Nc1cscc1-c1nc(C(=O)O)c(O)c(=O)[nH]1. The minimum Gasteiger partial charge on any atom is -0.501 e. The van der Waals surface area contributed by atoms with Gasteiger partial charge in [-0.1, -0.05) is 6.07 Å². The lowest BCUT2D eigenvalue weighted by molar-refractivity contribution is 0.0686. The molecule has 0 fully saturated rings. The summed E-state index contributed by atoms with van der Waals surface area (Å²) in [5.74, 6) is -3.25. The maximum Gasteiger partial charge on any atom is 0.358 e. The molecule has 1 aromatic carbocycles. The molecule has 0 aliphatic heterocycles.